The van der Waals surface area contributed by atoms with Crippen LogP contribution in [0.3, 0.4) is 0 Å². The van der Waals surface area contributed by atoms with Crippen LogP contribution in [0.4, 0.5) is 0 Å². The number of hydrogen-bond acceptors (Lipinski definition) is 1. The fourth-order valence-corrected chi connectivity index (χ4v) is 3.52. The van der Waals surface area contributed by atoms with Gasteiger partial charge in [0.2, 0.25) is 0 Å². The van der Waals surface area contributed by atoms with E-state index in [4.69, 9.17) is 0 Å². The lowest BCUT2D eigenvalue weighted by atomic mass is 9.60. The second-order valence-corrected chi connectivity index (χ2v) is 5.72. The second-order valence-electron chi connectivity index (χ2n) is 5.72. The van der Waals surface area contributed by atoms with Gasteiger partial charge in [-0.15, -0.1) is 0 Å². The van der Waals surface area contributed by atoms with E-state index < -0.39 is 0 Å². The lowest BCUT2D eigenvalue weighted by molar-refractivity contribution is -0.119. The van der Waals surface area contributed by atoms with Gasteiger partial charge in [-0.1, -0.05) is 13.8 Å². The SMILES string of the molecule is CC1CC2CC(C2)CC(C)(C=O)C1. The smallest absolute Gasteiger partial charge is 0.125 e. The maximum Gasteiger partial charge on any atom is 0.125 e. The van der Waals surface area contributed by atoms with E-state index in [2.05, 4.69) is 13.8 Å². The molecule has 0 amide bonds. The quantitative estimate of drug-likeness (QED) is 0.567. The lowest BCUT2D eigenvalue weighted by Crippen LogP contribution is -2.36. The largest absolute Gasteiger partial charge is 0.303 e. The first kappa shape index (κ1) is 9.23. The van der Waals surface area contributed by atoms with E-state index in [0.29, 0.717) is 0 Å². The lowest BCUT2D eigenvalue weighted by Gasteiger charge is -2.45. The van der Waals surface area contributed by atoms with Gasteiger partial charge in [-0.05, 0) is 49.9 Å². The zero-order valence-corrected chi connectivity index (χ0v) is 8.75. The zero-order valence-electron chi connectivity index (χ0n) is 8.75. The van der Waals surface area contributed by atoms with Gasteiger partial charge < -0.3 is 4.79 Å². The summed E-state index contributed by atoms with van der Waals surface area (Å²) in [5.74, 6) is 2.62. The van der Waals surface area contributed by atoms with Crippen molar-refractivity contribution in [2.75, 3.05) is 0 Å². The van der Waals surface area contributed by atoms with Gasteiger partial charge in [0.1, 0.15) is 6.29 Å². The third kappa shape index (κ3) is 1.79. The van der Waals surface area contributed by atoms with Crippen LogP contribution in [-0.4, -0.2) is 6.29 Å². The molecule has 74 valence electrons. The molecule has 3 rings (SSSR count). The third-order valence-electron chi connectivity index (χ3n) is 3.92. The predicted molar refractivity (Wildman–Crippen MR) is 53.4 cm³/mol. The third-order valence-corrected chi connectivity index (χ3v) is 3.92. The van der Waals surface area contributed by atoms with E-state index in [0.717, 1.165) is 30.6 Å². The number of carbonyl (C=O) groups is 1. The molecular formula is C12H20O. The van der Waals surface area contributed by atoms with Gasteiger partial charge in [-0.25, -0.2) is 0 Å². The molecule has 0 aromatic carbocycles. The molecule has 0 aromatic rings. The van der Waals surface area contributed by atoms with Crippen molar-refractivity contribution >= 4 is 6.29 Å². The summed E-state index contributed by atoms with van der Waals surface area (Å²) in [6, 6.07) is 0. The molecule has 0 aliphatic heterocycles. The molecule has 13 heavy (non-hydrogen) atoms. The first-order valence-electron chi connectivity index (χ1n) is 5.57. The molecule has 0 spiro atoms. The van der Waals surface area contributed by atoms with Crippen LogP contribution in [-0.2, 0) is 4.79 Å². The summed E-state index contributed by atoms with van der Waals surface area (Å²) in [6.07, 6.45) is 7.63. The maximum absolute atomic E-state index is 11.1. The van der Waals surface area contributed by atoms with Crippen LogP contribution in [0, 0.1) is 23.2 Å². The van der Waals surface area contributed by atoms with Crippen LogP contribution in [0.2, 0.25) is 0 Å². The molecule has 0 radical (unpaired) electrons. The molecule has 1 nitrogen and oxygen atoms in total. The summed E-state index contributed by atoms with van der Waals surface area (Å²) in [5.41, 5.74) is -0.00449. The second kappa shape index (κ2) is 3.11. The van der Waals surface area contributed by atoms with Crippen LogP contribution < -0.4 is 0 Å². The molecular weight excluding hydrogens is 160 g/mol. The van der Waals surface area contributed by atoms with E-state index in [1.807, 2.05) is 0 Å². The van der Waals surface area contributed by atoms with E-state index in [-0.39, 0.29) is 5.41 Å². The normalized spacial score (nSPS) is 50.2. The Labute approximate surface area is 80.9 Å². The van der Waals surface area contributed by atoms with Crippen molar-refractivity contribution in [2.24, 2.45) is 23.2 Å². The van der Waals surface area contributed by atoms with Crippen molar-refractivity contribution in [3.8, 4) is 0 Å². The average molecular weight is 180 g/mol. The molecule has 3 fully saturated rings. The van der Waals surface area contributed by atoms with E-state index in [9.17, 15) is 4.79 Å². The molecule has 0 aromatic heterocycles. The Morgan fingerprint density at radius 1 is 1.15 bits per heavy atom. The van der Waals surface area contributed by atoms with Crippen molar-refractivity contribution < 1.29 is 4.79 Å². The molecule has 3 aliphatic rings. The number of rotatable bonds is 1. The average Bonchev–Trinajstić information content (AvgIpc) is 1.97. The minimum Gasteiger partial charge on any atom is -0.303 e. The van der Waals surface area contributed by atoms with Crippen molar-refractivity contribution in [2.45, 2.75) is 46.0 Å². The van der Waals surface area contributed by atoms with Crippen molar-refractivity contribution in [3.63, 3.8) is 0 Å². The molecule has 0 N–H and O–H groups in total. The fourth-order valence-electron chi connectivity index (χ4n) is 3.52. The number of carbonyl (C=O) groups excluding carboxylic acids is 1. The first-order chi connectivity index (χ1) is 6.11. The van der Waals surface area contributed by atoms with Gasteiger partial charge in [-0.3, -0.25) is 0 Å². The maximum atomic E-state index is 11.1. The van der Waals surface area contributed by atoms with Gasteiger partial charge in [0, 0.05) is 5.41 Å². The number of hydrogen-bond donors (Lipinski definition) is 0. The first-order valence-corrected chi connectivity index (χ1v) is 5.57. The fraction of sp³-hybridized carbons (Fsp3) is 0.917. The van der Waals surface area contributed by atoms with E-state index >= 15 is 0 Å². The molecule has 1 heteroatoms. The molecule has 3 saturated carbocycles. The van der Waals surface area contributed by atoms with E-state index in [1.165, 1.54) is 25.5 Å². The van der Waals surface area contributed by atoms with Gasteiger partial charge in [0.25, 0.3) is 0 Å². The number of aldehydes is 1. The minimum absolute atomic E-state index is 0.00449. The molecule has 3 aliphatic carbocycles. The van der Waals surface area contributed by atoms with Crippen molar-refractivity contribution in [3.05, 3.63) is 0 Å². The van der Waals surface area contributed by atoms with Crippen LogP contribution in [0.25, 0.3) is 0 Å². The van der Waals surface area contributed by atoms with Crippen LogP contribution in [0.5, 0.6) is 0 Å². The van der Waals surface area contributed by atoms with E-state index in [1.54, 1.807) is 0 Å². The highest BCUT2D eigenvalue weighted by Crippen LogP contribution is 2.49. The highest BCUT2D eigenvalue weighted by Gasteiger charge is 2.40. The molecule has 2 unspecified atom stereocenters. The Balaban J connectivity index is 2.07. The predicted octanol–water partition coefficient (Wildman–Crippen LogP) is 3.04. The summed E-state index contributed by atoms with van der Waals surface area (Å²) in [4.78, 5) is 11.1. The van der Waals surface area contributed by atoms with Gasteiger partial charge in [-0.2, -0.15) is 0 Å². The van der Waals surface area contributed by atoms with Gasteiger partial charge in [0.15, 0.2) is 0 Å². The highest BCUT2D eigenvalue weighted by atomic mass is 16.1. The van der Waals surface area contributed by atoms with Gasteiger partial charge >= 0.3 is 0 Å². The topological polar surface area (TPSA) is 17.1 Å². The molecule has 0 heterocycles. The molecule has 2 atom stereocenters. The minimum atomic E-state index is -0.00449. The van der Waals surface area contributed by atoms with Gasteiger partial charge in [0.05, 0.1) is 0 Å². The summed E-state index contributed by atoms with van der Waals surface area (Å²) in [5, 5.41) is 0. The van der Waals surface area contributed by atoms with Crippen molar-refractivity contribution in [1.82, 2.24) is 0 Å². The van der Waals surface area contributed by atoms with Crippen LogP contribution >= 0.6 is 0 Å². The summed E-state index contributed by atoms with van der Waals surface area (Å²) in [6.45, 7) is 4.45. The molecule has 2 bridgehead atoms. The number of fused-ring (bicyclic) bond motifs is 4. The Bertz CT molecular complexity index is 201. The Hall–Kier alpha value is -0.330. The summed E-state index contributed by atoms with van der Waals surface area (Å²) in [7, 11) is 0. The summed E-state index contributed by atoms with van der Waals surface area (Å²) >= 11 is 0. The Morgan fingerprint density at radius 2 is 1.85 bits per heavy atom. The van der Waals surface area contributed by atoms with Crippen LogP contribution in [0.15, 0.2) is 0 Å². The monoisotopic (exact) mass is 180 g/mol. The van der Waals surface area contributed by atoms with Crippen LogP contribution in [0.1, 0.15) is 46.0 Å². The highest BCUT2D eigenvalue weighted by molar-refractivity contribution is 5.58. The van der Waals surface area contributed by atoms with Crippen molar-refractivity contribution in [1.29, 1.82) is 0 Å². The molecule has 0 saturated heterocycles. The Kier molecular flexibility index (Phi) is 2.21. The standard InChI is InChI=1S/C12H20O/c1-9-3-10-4-11(5-10)7-12(2,6-9)8-13/h8-11H,3-7H2,1-2H3. The summed E-state index contributed by atoms with van der Waals surface area (Å²) < 4.78 is 0. The Morgan fingerprint density at radius 3 is 2.46 bits per heavy atom. The zero-order chi connectivity index (χ0) is 9.47.